The van der Waals surface area contributed by atoms with Gasteiger partial charge in [0.25, 0.3) is 0 Å². The molecule has 38 heavy (non-hydrogen) atoms. The van der Waals surface area contributed by atoms with E-state index < -0.39 is 12.1 Å². The fourth-order valence-electron chi connectivity index (χ4n) is 3.93. The van der Waals surface area contributed by atoms with Crippen molar-refractivity contribution in [1.82, 2.24) is 0 Å². The highest BCUT2D eigenvalue weighted by atomic mass is 32.1. The third-order valence-corrected chi connectivity index (χ3v) is 6.71. The minimum Gasteiger partial charge on any atom is -0.505 e. The summed E-state index contributed by atoms with van der Waals surface area (Å²) in [5.74, 6) is -0.418. The Kier molecular flexibility index (Phi) is 6.63. The van der Waals surface area contributed by atoms with Crippen molar-refractivity contribution in [2.45, 2.75) is 13.8 Å². The Bertz CT molecular complexity index is 1610. The van der Waals surface area contributed by atoms with Gasteiger partial charge in [-0.25, -0.2) is 4.79 Å². The molecule has 0 aliphatic carbocycles. The minimum atomic E-state index is -1.43. The van der Waals surface area contributed by atoms with Gasteiger partial charge in [0.05, 0.1) is 11.4 Å². The third kappa shape index (κ3) is 4.84. The minimum absolute atomic E-state index is 0.100. The van der Waals surface area contributed by atoms with Crippen LogP contribution in [0.4, 0.5) is 16.2 Å². The third-order valence-electron chi connectivity index (χ3n) is 6.02. The molecule has 3 aromatic carbocycles. The van der Waals surface area contributed by atoms with E-state index in [2.05, 4.69) is 15.6 Å². The van der Waals surface area contributed by atoms with Gasteiger partial charge in [0.2, 0.25) is 0 Å². The second-order valence-electron chi connectivity index (χ2n) is 8.52. The Hall–Kier alpha value is -4.96. The molecule has 4 aromatic rings. The Morgan fingerprint density at radius 2 is 1.84 bits per heavy atom. The number of phenolic OH excluding ortho intramolecular Hbond substituents is 1. The van der Waals surface area contributed by atoms with E-state index in [1.54, 1.807) is 30.3 Å². The molecule has 1 aliphatic heterocycles. The molecule has 0 radical (unpaired) electrons. The van der Waals surface area contributed by atoms with Crippen molar-refractivity contribution in [1.29, 1.82) is 0 Å². The van der Waals surface area contributed by atoms with Crippen LogP contribution in [0, 0.1) is 13.8 Å². The number of ether oxygens (including phenoxy) is 1. The summed E-state index contributed by atoms with van der Waals surface area (Å²) in [4.78, 5) is 24.3. The van der Waals surface area contributed by atoms with E-state index in [4.69, 9.17) is 9.84 Å². The molecule has 0 atom stereocenters. The van der Waals surface area contributed by atoms with Gasteiger partial charge in [-0.3, -0.25) is 10.2 Å². The summed E-state index contributed by atoms with van der Waals surface area (Å²) < 4.78 is 4.72. The lowest BCUT2D eigenvalue weighted by Crippen LogP contribution is -2.28. The predicted molar refractivity (Wildman–Crippen MR) is 148 cm³/mol. The van der Waals surface area contributed by atoms with E-state index >= 15 is 0 Å². The Labute approximate surface area is 221 Å². The molecule has 0 unspecified atom stereocenters. The zero-order valence-electron chi connectivity index (χ0n) is 20.4. The zero-order valence-corrected chi connectivity index (χ0v) is 21.2. The fraction of sp³-hybridized carbons (Fsp3) is 0.0714. The standard InChI is InChI=1S/C28H22N4O5S/c1-16-9-10-20(13-17(16)2)32-27(34)25(24(31-32)19-11-12-38-15-19)30-29-23-8-4-7-22(26(23)33)18-5-3-6-21(14-18)37-28(35)36/h3-15,29,33H,1-2H3,(H,35,36). The Morgan fingerprint density at radius 3 is 2.58 bits per heavy atom. The molecule has 0 spiro atoms. The lowest BCUT2D eigenvalue weighted by molar-refractivity contribution is -0.112. The molecular weight excluding hydrogens is 504 g/mol. The number of benzene rings is 3. The van der Waals surface area contributed by atoms with Crippen molar-refractivity contribution in [2.75, 3.05) is 10.4 Å². The van der Waals surface area contributed by atoms with Gasteiger partial charge in [-0.05, 0) is 72.3 Å². The maximum absolute atomic E-state index is 13.4. The lowest BCUT2D eigenvalue weighted by Gasteiger charge is -2.13. The summed E-state index contributed by atoms with van der Waals surface area (Å²) in [5, 5.41) is 33.9. The highest BCUT2D eigenvalue weighted by molar-refractivity contribution is 7.08. The van der Waals surface area contributed by atoms with Gasteiger partial charge >= 0.3 is 12.1 Å². The van der Waals surface area contributed by atoms with Crippen LogP contribution in [-0.4, -0.2) is 33.7 Å². The Balaban J connectivity index is 1.48. The number of hydrogen-bond acceptors (Lipinski definition) is 8. The molecule has 0 bridgehead atoms. The van der Waals surface area contributed by atoms with E-state index in [0.717, 1.165) is 16.7 Å². The van der Waals surface area contributed by atoms with Crippen LogP contribution in [0.15, 0.2) is 87.7 Å². The number of phenols is 1. The molecule has 0 fully saturated rings. The quantitative estimate of drug-likeness (QED) is 0.122. The number of para-hydroxylation sites is 1. The van der Waals surface area contributed by atoms with Gasteiger partial charge < -0.3 is 14.9 Å². The summed E-state index contributed by atoms with van der Waals surface area (Å²) in [6.07, 6.45) is -1.43. The second kappa shape index (κ2) is 10.2. The van der Waals surface area contributed by atoms with Crippen molar-refractivity contribution in [3.63, 3.8) is 0 Å². The first-order chi connectivity index (χ1) is 18.3. The van der Waals surface area contributed by atoms with E-state index in [1.807, 2.05) is 48.9 Å². The molecule has 1 aliphatic rings. The van der Waals surface area contributed by atoms with Crippen molar-refractivity contribution >= 4 is 46.2 Å². The summed E-state index contributed by atoms with van der Waals surface area (Å²) >= 11 is 1.48. The number of aromatic hydroxyl groups is 1. The highest BCUT2D eigenvalue weighted by Crippen LogP contribution is 2.37. The average molecular weight is 527 g/mol. The summed E-state index contributed by atoms with van der Waals surface area (Å²) in [6, 6.07) is 18.9. The van der Waals surface area contributed by atoms with Crippen LogP contribution in [0.2, 0.25) is 0 Å². The van der Waals surface area contributed by atoms with Crippen molar-refractivity contribution in [2.24, 2.45) is 10.2 Å². The average Bonchev–Trinajstić information content (AvgIpc) is 3.53. The van der Waals surface area contributed by atoms with Crippen molar-refractivity contribution in [3.8, 4) is 22.6 Å². The van der Waals surface area contributed by atoms with Crippen LogP contribution in [0.25, 0.3) is 11.1 Å². The molecular formula is C28H22N4O5S. The summed E-state index contributed by atoms with van der Waals surface area (Å²) in [5.41, 5.74) is 8.06. The topological polar surface area (TPSA) is 124 Å². The monoisotopic (exact) mass is 526 g/mol. The molecule has 1 aromatic heterocycles. The maximum atomic E-state index is 13.4. The van der Waals surface area contributed by atoms with Crippen LogP contribution >= 0.6 is 11.3 Å². The first kappa shape index (κ1) is 24.7. The number of hydrazone groups is 2. The van der Waals surface area contributed by atoms with Crippen LogP contribution < -0.4 is 15.2 Å². The highest BCUT2D eigenvalue weighted by Gasteiger charge is 2.34. The molecule has 0 saturated heterocycles. The van der Waals surface area contributed by atoms with Gasteiger partial charge in [-0.2, -0.15) is 26.5 Å². The van der Waals surface area contributed by atoms with Crippen LogP contribution in [0.5, 0.6) is 11.5 Å². The molecule has 2 heterocycles. The number of nitrogens with one attached hydrogen (secondary N) is 1. The smallest absolute Gasteiger partial charge is 0.505 e. The molecule has 10 heteroatoms. The SMILES string of the molecule is Cc1ccc(N2N=C(c3ccsc3)C(=NNc3cccc(-c4cccc(OC(=O)O)c4)c3O)C2=O)cc1C. The number of amides is 1. The maximum Gasteiger partial charge on any atom is 0.511 e. The van der Waals surface area contributed by atoms with Crippen molar-refractivity contribution < 1.29 is 24.5 Å². The molecule has 3 N–H and O–H groups in total. The van der Waals surface area contributed by atoms with Gasteiger partial charge in [0.15, 0.2) is 5.71 Å². The van der Waals surface area contributed by atoms with Crippen molar-refractivity contribution in [3.05, 3.63) is 94.2 Å². The molecule has 5 rings (SSSR count). The first-order valence-electron chi connectivity index (χ1n) is 11.5. The van der Waals surface area contributed by atoms with E-state index in [0.29, 0.717) is 22.5 Å². The second-order valence-corrected chi connectivity index (χ2v) is 9.30. The first-order valence-corrected chi connectivity index (χ1v) is 12.5. The number of thiophene rings is 1. The summed E-state index contributed by atoms with van der Waals surface area (Å²) in [6.45, 7) is 3.97. The van der Waals surface area contributed by atoms with E-state index in [1.165, 1.54) is 28.5 Å². The lowest BCUT2D eigenvalue weighted by atomic mass is 10.0. The number of nitrogens with zero attached hydrogens (tertiary/aromatic N) is 3. The molecule has 0 saturated carbocycles. The molecule has 1 amide bonds. The Morgan fingerprint density at radius 1 is 1.03 bits per heavy atom. The zero-order chi connectivity index (χ0) is 26.8. The van der Waals surface area contributed by atoms with Crippen LogP contribution in [0.1, 0.15) is 16.7 Å². The van der Waals surface area contributed by atoms with Gasteiger partial charge in [-0.1, -0.05) is 30.3 Å². The normalized spacial score (nSPS) is 14.1. The number of carbonyl (C=O) groups is 2. The van der Waals surface area contributed by atoms with Gasteiger partial charge in [0, 0.05) is 16.5 Å². The largest absolute Gasteiger partial charge is 0.511 e. The predicted octanol–water partition coefficient (Wildman–Crippen LogP) is 6.01. The number of anilines is 2. The molecule has 9 nitrogen and oxygen atoms in total. The molecule has 190 valence electrons. The van der Waals surface area contributed by atoms with Gasteiger partial charge in [0.1, 0.15) is 17.2 Å². The van der Waals surface area contributed by atoms with Crippen LogP contribution in [-0.2, 0) is 4.79 Å². The van der Waals surface area contributed by atoms with Crippen LogP contribution in [0.3, 0.4) is 0 Å². The van der Waals surface area contributed by atoms with E-state index in [-0.39, 0.29) is 22.9 Å². The number of hydrogen-bond donors (Lipinski definition) is 3. The number of rotatable bonds is 6. The number of aryl methyl sites for hydroxylation is 2. The number of carboxylic acid groups (broad SMARTS) is 1. The van der Waals surface area contributed by atoms with E-state index in [9.17, 15) is 14.7 Å². The number of carbonyl (C=O) groups excluding carboxylic acids is 1. The summed E-state index contributed by atoms with van der Waals surface area (Å²) in [7, 11) is 0. The van der Waals surface area contributed by atoms with Gasteiger partial charge in [-0.15, -0.1) is 0 Å². The fourth-order valence-corrected chi connectivity index (χ4v) is 4.57.